The fourth-order valence-electron chi connectivity index (χ4n) is 1.40. The van der Waals surface area contributed by atoms with Crippen LogP contribution in [0.2, 0.25) is 19.6 Å². The Hall–Kier alpha value is -0.843. The Morgan fingerprint density at radius 1 is 1.24 bits per heavy atom. The highest BCUT2D eigenvalue weighted by atomic mass is 28.3. The van der Waals surface area contributed by atoms with Gasteiger partial charge in [0, 0.05) is 0 Å². The predicted octanol–water partition coefficient (Wildman–Crippen LogP) is 1.35. The fraction of sp³-hybridized carbons (Fsp3) is 0.833. The minimum Gasteiger partial charge on any atom is -0.550 e. The second kappa shape index (κ2) is 5.66. The molecule has 0 aliphatic carbocycles. The van der Waals surface area contributed by atoms with E-state index in [4.69, 9.17) is 4.74 Å². The van der Waals surface area contributed by atoms with Crippen molar-refractivity contribution in [2.24, 2.45) is 5.41 Å². The van der Waals surface area contributed by atoms with Crippen molar-refractivity contribution >= 4 is 20.0 Å². The van der Waals surface area contributed by atoms with Crippen LogP contribution in [0.1, 0.15) is 33.6 Å². The van der Waals surface area contributed by atoms with Crippen LogP contribution in [-0.2, 0) is 14.3 Å². The summed E-state index contributed by atoms with van der Waals surface area (Å²) >= 11 is 0. The first kappa shape index (κ1) is 16.2. The van der Waals surface area contributed by atoms with Gasteiger partial charge in [0.25, 0.3) is 0 Å². The third-order valence-electron chi connectivity index (χ3n) is 2.33. The first-order chi connectivity index (χ1) is 7.42. The lowest BCUT2D eigenvalue weighted by molar-refractivity contribution is -0.305. The number of aliphatic carboxylic acids is 1. The summed E-state index contributed by atoms with van der Waals surface area (Å²) in [6.45, 7) is 12.5. The Kier molecular flexibility index (Phi) is 5.38. The lowest BCUT2D eigenvalue weighted by Crippen LogP contribution is -2.44. The second-order valence-electron chi connectivity index (χ2n) is 6.66. The van der Waals surface area contributed by atoms with E-state index in [9.17, 15) is 14.7 Å². The standard InChI is InChI=1S/C12H24O4Si/c1-12(2,3)8-11(17(4,5)6)16-10(15)7-9(13)14/h11H,7-8H2,1-6H3,(H,13,14)/p-1. The zero-order chi connectivity index (χ0) is 13.9. The van der Waals surface area contributed by atoms with Gasteiger partial charge in [-0.1, -0.05) is 40.4 Å². The average molecular weight is 259 g/mol. The van der Waals surface area contributed by atoms with Crippen LogP contribution < -0.4 is 5.11 Å². The van der Waals surface area contributed by atoms with Gasteiger partial charge in [-0.3, -0.25) is 4.79 Å². The van der Waals surface area contributed by atoms with Crippen molar-refractivity contribution in [2.45, 2.75) is 59.0 Å². The van der Waals surface area contributed by atoms with Gasteiger partial charge < -0.3 is 14.6 Å². The molecule has 4 nitrogen and oxygen atoms in total. The number of carbonyl (C=O) groups is 2. The summed E-state index contributed by atoms with van der Waals surface area (Å²) in [4.78, 5) is 21.7. The second-order valence-corrected chi connectivity index (χ2v) is 12.0. The molecule has 100 valence electrons. The van der Waals surface area contributed by atoms with Crippen LogP contribution in [-0.4, -0.2) is 25.7 Å². The number of hydrogen-bond acceptors (Lipinski definition) is 4. The van der Waals surface area contributed by atoms with E-state index in [-0.39, 0.29) is 11.1 Å². The van der Waals surface area contributed by atoms with Crippen LogP contribution in [0.15, 0.2) is 0 Å². The van der Waals surface area contributed by atoms with Gasteiger partial charge in [-0.25, -0.2) is 0 Å². The molecule has 0 bridgehead atoms. The first-order valence-electron chi connectivity index (χ1n) is 5.81. The molecule has 0 aromatic heterocycles. The number of carboxylic acids is 1. The molecule has 0 aliphatic rings. The third kappa shape index (κ3) is 7.96. The number of carbonyl (C=O) groups excluding carboxylic acids is 2. The van der Waals surface area contributed by atoms with Crippen LogP contribution in [0.5, 0.6) is 0 Å². The SMILES string of the molecule is CC(C)(C)CC(OC(=O)CC(=O)[O-])[Si](C)(C)C. The third-order valence-corrected chi connectivity index (χ3v) is 4.58. The maximum atomic E-state index is 11.4. The maximum absolute atomic E-state index is 11.4. The summed E-state index contributed by atoms with van der Waals surface area (Å²) in [6.07, 6.45) is 0.0899. The molecule has 0 aromatic rings. The summed E-state index contributed by atoms with van der Waals surface area (Å²) in [5, 5.41) is 10.3. The minimum absolute atomic E-state index is 0.0483. The normalized spacial score (nSPS) is 14.2. The number of carboxylic acid groups (broad SMARTS) is 1. The molecule has 1 atom stereocenters. The topological polar surface area (TPSA) is 66.4 Å². The molecule has 0 saturated carbocycles. The largest absolute Gasteiger partial charge is 0.550 e. The average Bonchev–Trinajstić information content (AvgIpc) is 1.96. The fourth-order valence-corrected chi connectivity index (χ4v) is 3.11. The Bertz CT molecular complexity index is 286. The monoisotopic (exact) mass is 259 g/mol. The van der Waals surface area contributed by atoms with Gasteiger partial charge in [0.1, 0.15) is 0 Å². The zero-order valence-electron chi connectivity index (χ0n) is 11.6. The molecular formula is C12H23O4Si-. The number of rotatable bonds is 5. The van der Waals surface area contributed by atoms with Crippen LogP contribution in [0, 0.1) is 5.41 Å². The molecule has 17 heavy (non-hydrogen) atoms. The van der Waals surface area contributed by atoms with Gasteiger partial charge in [0.2, 0.25) is 0 Å². The van der Waals surface area contributed by atoms with Gasteiger partial charge >= 0.3 is 5.97 Å². The van der Waals surface area contributed by atoms with Crippen molar-refractivity contribution in [1.29, 1.82) is 0 Å². The lowest BCUT2D eigenvalue weighted by atomic mass is 9.93. The number of esters is 1. The molecule has 0 saturated heterocycles. The van der Waals surface area contributed by atoms with Crippen molar-refractivity contribution in [3.05, 3.63) is 0 Å². The summed E-state index contributed by atoms with van der Waals surface area (Å²) in [6, 6.07) is 0. The molecule has 0 heterocycles. The molecule has 0 radical (unpaired) electrons. The molecular weight excluding hydrogens is 236 g/mol. The summed E-state index contributed by atoms with van der Waals surface area (Å²) in [7, 11) is -1.67. The molecule has 0 spiro atoms. The molecule has 0 rings (SSSR count). The Morgan fingerprint density at radius 3 is 2.00 bits per heavy atom. The van der Waals surface area contributed by atoms with E-state index in [0.717, 1.165) is 6.42 Å². The van der Waals surface area contributed by atoms with E-state index >= 15 is 0 Å². The Morgan fingerprint density at radius 2 is 1.71 bits per heavy atom. The van der Waals surface area contributed by atoms with Crippen molar-refractivity contribution in [3.63, 3.8) is 0 Å². The highest BCUT2D eigenvalue weighted by Crippen LogP contribution is 2.27. The van der Waals surface area contributed by atoms with Crippen LogP contribution in [0.4, 0.5) is 0 Å². The molecule has 0 aliphatic heterocycles. The van der Waals surface area contributed by atoms with Crippen LogP contribution in [0.25, 0.3) is 0 Å². The van der Waals surface area contributed by atoms with E-state index in [1.807, 2.05) is 0 Å². The molecule has 5 heteroatoms. The summed E-state index contributed by atoms with van der Waals surface area (Å²) < 4.78 is 5.30. The first-order valence-corrected chi connectivity index (χ1v) is 9.39. The lowest BCUT2D eigenvalue weighted by Gasteiger charge is -2.33. The highest BCUT2D eigenvalue weighted by Gasteiger charge is 2.33. The van der Waals surface area contributed by atoms with Gasteiger partial charge in [-0.15, -0.1) is 0 Å². The van der Waals surface area contributed by atoms with Crippen molar-refractivity contribution in [1.82, 2.24) is 0 Å². The summed E-state index contributed by atoms with van der Waals surface area (Å²) in [5.41, 5.74) is -0.110. The zero-order valence-corrected chi connectivity index (χ0v) is 12.6. The molecule has 0 aromatic carbocycles. The van der Waals surface area contributed by atoms with Gasteiger partial charge in [0.05, 0.1) is 26.2 Å². The van der Waals surface area contributed by atoms with Crippen molar-refractivity contribution < 1.29 is 19.4 Å². The Labute approximate surface area is 104 Å². The predicted molar refractivity (Wildman–Crippen MR) is 66.9 cm³/mol. The van der Waals surface area contributed by atoms with E-state index in [0.29, 0.717) is 0 Å². The van der Waals surface area contributed by atoms with Gasteiger partial charge in [-0.2, -0.15) is 0 Å². The van der Waals surface area contributed by atoms with E-state index in [1.54, 1.807) is 0 Å². The molecule has 0 N–H and O–H groups in total. The molecule has 0 amide bonds. The quantitative estimate of drug-likeness (QED) is 0.425. The Balaban J connectivity index is 4.62. The molecule has 1 unspecified atom stereocenters. The van der Waals surface area contributed by atoms with Crippen LogP contribution in [0.3, 0.4) is 0 Å². The van der Waals surface area contributed by atoms with E-state index in [2.05, 4.69) is 40.4 Å². The minimum atomic E-state index is -1.67. The molecule has 0 fully saturated rings. The van der Waals surface area contributed by atoms with Crippen molar-refractivity contribution in [3.8, 4) is 0 Å². The van der Waals surface area contributed by atoms with Gasteiger partial charge in [0.15, 0.2) is 0 Å². The van der Waals surface area contributed by atoms with E-state index < -0.39 is 26.4 Å². The maximum Gasteiger partial charge on any atom is 0.311 e. The van der Waals surface area contributed by atoms with Gasteiger partial charge in [-0.05, 0) is 11.8 Å². The smallest absolute Gasteiger partial charge is 0.311 e. The number of hydrogen-bond donors (Lipinski definition) is 0. The summed E-state index contributed by atoms with van der Waals surface area (Å²) in [5.74, 6) is -2.08. The highest BCUT2D eigenvalue weighted by molar-refractivity contribution is 6.77. The number of ether oxygens (including phenoxy) is 1. The van der Waals surface area contributed by atoms with Crippen molar-refractivity contribution in [2.75, 3.05) is 0 Å². The van der Waals surface area contributed by atoms with E-state index in [1.165, 1.54) is 0 Å². The van der Waals surface area contributed by atoms with Crippen LogP contribution >= 0.6 is 0 Å².